The number of amides is 2. The van der Waals surface area contributed by atoms with E-state index in [2.05, 4.69) is 43.2 Å². The van der Waals surface area contributed by atoms with Gasteiger partial charge in [-0.3, -0.25) is 9.59 Å². The molecule has 0 saturated carbocycles. The lowest BCUT2D eigenvalue weighted by Crippen LogP contribution is -2.27. The van der Waals surface area contributed by atoms with Gasteiger partial charge >= 0.3 is 0 Å². The first kappa shape index (κ1) is 24.7. The van der Waals surface area contributed by atoms with Crippen molar-refractivity contribution in [2.75, 3.05) is 23.3 Å². The fourth-order valence-electron chi connectivity index (χ4n) is 4.56. The van der Waals surface area contributed by atoms with Gasteiger partial charge in [0.1, 0.15) is 5.82 Å². The second kappa shape index (κ2) is 10.8. The average Bonchev–Trinajstić information content (AvgIpc) is 3.26. The first-order valence-electron chi connectivity index (χ1n) is 11.8. The maximum atomic E-state index is 13.2. The van der Waals surface area contributed by atoms with Crippen LogP contribution in [-0.4, -0.2) is 24.9 Å². The highest BCUT2D eigenvalue weighted by Crippen LogP contribution is 2.29. The third-order valence-electron chi connectivity index (χ3n) is 5.83. The van der Waals surface area contributed by atoms with E-state index in [1.165, 1.54) is 12.1 Å². The summed E-state index contributed by atoms with van der Waals surface area (Å²) in [6.45, 7) is 10.7. The molecule has 1 saturated heterocycles. The minimum Gasteiger partial charge on any atom is -0.371 e. The molecule has 178 valence electrons. The summed E-state index contributed by atoms with van der Waals surface area (Å²) in [5.41, 5.74) is 3.04. The Morgan fingerprint density at radius 3 is 2.36 bits per heavy atom. The summed E-state index contributed by atoms with van der Waals surface area (Å²) in [5, 5.41) is 5.91. The molecule has 0 radical (unpaired) electrons. The molecule has 5 nitrogen and oxygen atoms in total. The molecule has 1 fully saturated rings. The summed E-state index contributed by atoms with van der Waals surface area (Å²) < 4.78 is 13.2. The molecule has 33 heavy (non-hydrogen) atoms. The average molecular weight is 454 g/mol. The van der Waals surface area contributed by atoms with Gasteiger partial charge in [0.2, 0.25) is 5.91 Å². The van der Waals surface area contributed by atoms with Crippen molar-refractivity contribution in [3.63, 3.8) is 0 Å². The van der Waals surface area contributed by atoms with Gasteiger partial charge in [-0.15, -0.1) is 0 Å². The Balaban J connectivity index is 1.72. The third-order valence-corrected chi connectivity index (χ3v) is 5.83. The standard InChI is InChI=1S/C27H36FN3O2/c1-19(17-27(2,3)4)15-25(32)30-22-11-12-24(31-13-5-6-14-31)23(16-22)26(33)29-18-20-7-9-21(28)10-8-20/h7-12,16,19H,5-6,13-15,17-18H2,1-4H3,(H,29,33)(H,30,32). The number of hydrogen-bond donors (Lipinski definition) is 2. The molecular formula is C27H36FN3O2. The molecule has 0 bridgehead atoms. The SMILES string of the molecule is CC(CC(=O)Nc1ccc(N2CCCC2)c(C(=O)NCc2ccc(F)cc2)c1)CC(C)(C)C. The van der Waals surface area contributed by atoms with Gasteiger partial charge in [-0.2, -0.15) is 0 Å². The van der Waals surface area contributed by atoms with E-state index >= 15 is 0 Å². The predicted molar refractivity (Wildman–Crippen MR) is 132 cm³/mol. The van der Waals surface area contributed by atoms with Crippen molar-refractivity contribution in [3.05, 3.63) is 59.4 Å². The lowest BCUT2D eigenvalue weighted by atomic mass is 9.84. The number of carbonyl (C=O) groups is 2. The molecule has 2 aromatic rings. The first-order chi connectivity index (χ1) is 15.6. The van der Waals surface area contributed by atoms with Crippen molar-refractivity contribution < 1.29 is 14.0 Å². The monoisotopic (exact) mass is 453 g/mol. The second-order valence-electron chi connectivity index (χ2n) is 10.4. The van der Waals surface area contributed by atoms with Crippen LogP contribution < -0.4 is 15.5 Å². The Kier molecular flexibility index (Phi) is 8.11. The molecule has 1 atom stereocenters. The van der Waals surface area contributed by atoms with E-state index in [4.69, 9.17) is 0 Å². The van der Waals surface area contributed by atoms with Crippen molar-refractivity contribution in [3.8, 4) is 0 Å². The molecule has 2 amide bonds. The Morgan fingerprint density at radius 2 is 1.73 bits per heavy atom. The van der Waals surface area contributed by atoms with Crippen LogP contribution in [0.4, 0.5) is 15.8 Å². The van der Waals surface area contributed by atoms with Crippen LogP contribution in [0.5, 0.6) is 0 Å². The van der Waals surface area contributed by atoms with Crippen LogP contribution >= 0.6 is 0 Å². The van der Waals surface area contributed by atoms with Crippen LogP contribution in [0.2, 0.25) is 0 Å². The summed E-state index contributed by atoms with van der Waals surface area (Å²) in [4.78, 5) is 27.9. The normalized spacial score (nSPS) is 14.8. The maximum absolute atomic E-state index is 13.2. The molecule has 1 aliphatic heterocycles. The molecule has 2 aromatic carbocycles. The number of halogens is 1. The van der Waals surface area contributed by atoms with E-state index in [1.807, 2.05) is 12.1 Å². The number of nitrogens with one attached hydrogen (secondary N) is 2. The van der Waals surface area contributed by atoms with Crippen LogP contribution in [0.15, 0.2) is 42.5 Å². The van der Waals surface area contributed by atoms with Crippen molar-refractivity contribution in [1.29, 1.82) is 0 Å². The molecular weight excluding hydrogens is 417 g/mol. The van der Waals surface area contributed by atoms with E-state index in [0.29, 0.717) is 24.2 Å². The lowest BCUT2D eigenvalue weighted by Gasteiger charge is -2.23. The van der Waals surface area contributed by atoms with Gasteiger partial charge in [0.15, 0.2) is 0 Å². The maximum Gasteiger partial charge on any atom is 0.253 e. The molecule has 6 heteroatoms. The number of anilines is 2. The topological polar surface area (TPSA) is 61.4 Å². The van der Waals surface area contributed by atoms with Crippen molar-refractivity contribution in [1.82, 2.24) is 5.32 Å². The smallest absolute Gasteiger partial charge is 0.253 e. The highest BCUT2D eigenvalue weighted by Gasteiger charge is 2.21. The fourth-order valence-corrected chi connectivity index (χ4v) is 4.56. The minimum atomic E-state index is -0.304. The van der Waals surface area contributed by atoms with E-state index in [9.17, 15) is 14.0 Å². The summed E-state index contributed by atoms with van der Waals surface area (Å²) >= 11 is 0. The van der Waals surface area contributed by atoms with E-state index in [-0.39, 0.29) is 29.0 Å². The number of nitrogens with zero attached hydrogens (tertiary/aromatic N) is 1. The van der Waals surface area contributed by atoms with Crippen molar-refractivity contribution >= 4 is 23.2 Å². The highest BCUT2D eigenvalue weighted by atomic mass is 19.1. The van der Waals surface area contributed by atoms with Gasteiger partial charge in [-0.1, -0.05) is 39.8 Å². The van der Waals surface area contributed by atoms with Crippen LogP contribution in [0.3, 0.4) is 0 Å². The molecule has 2 N–H and O–H groups in total. The molecule has 1 unspecified atom stereocenters. The Labute approximate surface area is 196 Å². The highest BCUT2D eigenvalue weighted by molar-refractivity contribution is 6.02. The molecule has 1 aliphatic rings. The molecule has 1 heterocycles. The van der Waals surface area contributed by atoms with Gasteiger partial charge < -0.3 is 15.5 Å². The zero-order valence-corrected chi connectivity index (χ0v) is 20.2. The Hall–Kier alpha value is -2.89. The minimum absolute atomic E-state index is 0.0432. The summed E-state index contributed by atoms with van der Waals surface area (Å²) in [6, 6.07) is 11.6. The summed E-state index contributed by atoms with van der Waals surface area (Å²) in [5.74, 6) is -0.286. The number of hydrogen-bond acceptors (Lipinski definition) is 3. The van der Waals surface area contributed by atoms with Gasteiger partial charge in [0.05, 0.1) is 5.56 Å². The first-order valence-corrected chi connectivity index (χ1v) is 11.8. The fraction of sp³-hybridized carbons (Fsp3) is 0.481. The predicted octanol–water partition coefficient (Wildman–Crippen LogP) is 5.76. The van der Waals surface area contributed by atoms with E-state index < -0.39 is 0 Å². The zero-order chi connectivity index (χ0) is 24.0. The molecule has 3 rings (SSSR count). The van der Waals surface area contributed by atoms with Gasteiger partial charge in [0.25, 0.3) is 5.91 Å². The van der Waals surface area contributed by atoms with Crippen LogP contribution in [0.1, 0.15) is 69.3 Å². The number of benzene rings is 2. The van der Waals surface area contributed by atoms with Gasteiger partial charge in [-0.25, -0.2) is 4.39 Å². The third kappa shape index (κ3) is 7.58. The Bertz CT molecular complexity index is 960. The quantitative estimate of drug-likeness (QED) is 0.534. The van der Waals surface area contributed by atoms with E-state index in [1.54, 1.807) is 18.2 Å². The van der Waals surface area contributed by atoms with Crippen LogP contribution in [0, 0.1) is 17.2 Å². The van der Waals surface area contributed by atoms with E-state index in [0.717, 1.165) is 43.6 Å². The zero-order valence-electron chi connectivity index (χ0n) is 20.2. The summed E-state index contributed by atoms with van der Waals surface area (Å²) in [6.07, 6.45) is 3.60. The summed E-state index contributed by atoms with van der Waals surface area (Å²) in [7, 11) is 0. The largest absolute Gasteiger partial charge is 0.371 e. The van der Waals surface area contributed by atoms with Crippen molar-refractivity contribution in [2.24, 2.45) is 11.3 Å². The van der Waals surface area contributed by atoms with Crippen LogP contribution in [-0.2, 0) is 11.3 Å². The number of carbonyl (C=O) groups excluding carboxylic acids is 2. The molecule has 0 aromatic heterocycles. The lowest BCUT2D eigenvalue weighted by molar-refractivity contribution is -0.117. The van der Waals surface area contributed by atoms with Gasteiger partial charge in [0, 0.05) is 37.4 Å². The number of rotatable bonds is 8. The second-order valence-corrected chi connectivity index (χ2v) is 10.4. The van der Waals surface area contributed by atoms with Crippen LogP contribution in [0.25, 0.3) is 0 Å². The van der Waals surface area contributed by atoms with Gasteiger partial charge in [-0.05, 0) is 66.5 Å². The Morgan fingerprint density at radius 1 is 1.06 bits per heavy atom. The molecule has 0 aliphatic carbocycles. The van der Waals surface area contributed by atoms with Crippen molar-refractivity contribution in [2.45, 2.75) is 59.9 Å². The molecule has 0 spiro atoms.